The van der Waals surface area contributed by atoms with E-state index in [-0.39, 0.29) is 17.3 Å². The number of aryl methyl sites for hydroxylation is 3. The molecule has 3 aromatic carbocycles. The van der Waals surface area contributed by atoms with Gasteiger partial charge >= 0.3 is 5.97 Å². The minimum atomic E-state index is -1.02. The van der Waals surface area contributed by atoms with E-state index in [0.717, 1.165) is 52.5 Å². The topological polar surface area (TPSA) is 72.5 Å². The number of carbonyl (C=O) groups is 1. The summed E-state index contributed by atoms with van der Waals surface area (Å²) in [6, 6.07) is 13.3. The molecular formula is C34H36F2N4O3. The highest BCUT2D eigenvalue weighted by Gasteiger charge is 2.30. The van der Waals surface area contributed by atoms with Crippen LogP contribution in [0.25, 0.3) is 32.8 Å². The molecule has 1 N–H and O–H groups in total. The molecule has 0 fully saturated rings. The third-order valence-corrected chi connectivity index (χ3v) is 8.53. The molecule has 0 saturated carbocycles. The molecule has 224 valence electrons. The molecule has 9 heteroatoms. The molecule has 2 aromatic heterocycles. The lowest BCUT2D eigenvalue weighted by atomic mass is 9.96. The zero-order valence-corrected chi connectivity index (χ0v) is 24.8. The smallest absolute Gasteiger partial charge is 0.352 e. The van der Waals surface area contributed by atoms with Crippen molar-refractivity contribution in [1.82, 2.24) is 19.2 Å². The monoisotopic (exact) mass is 586 g/mol. The van der Waals surface area contributed by atoms with E-state index < -0.39 is 5.97 Å². The summed E-state index contributed by atoms with van der Waals surface area (Å²) in [5.41, 5.74) is 4.43. The van der Waals surface area contributed by atoms with Gasteiger partial charge in [0.25, 0.3) is 0 Å². The molecule has 43 heavy (non-hydrogen) atoms. The normalized spacial score (nSPS) is 14.2. The number of hydrogen-bond acceptors (Lipinski definition) is 4. The summed E-state index contributed by atoms with van der Waals surface area (Å²) >= 11 is 0. The predicted molar refractivity (Wildman–Crippen MR) is 164 cm³/mol. The van der Waals surface area contributed by atoms with Crippen LogP contribution in [0.15, 0.2) is 48.5 Å². The Bertz CT molecular complexity index is 1840. The van der Waals surface area contributed by atoms with Gasteiger partial charge in [-0.3, -0.25) is 4.68 Å². The summed E-state index contributed by atoms with van der Waals surface area (Å²) in [5, 5.41) is 17.6. The maximum Gasteiger partial charge on any atom is 0.352 e. The average Bonchev–Trinajstić information content (AvgIpc) is 3.45. The third-order valence-electron chi connectivity index (χ3n) is 8.53. The molecule has 1 aliphatic heterocycles. The molecule has 0 spiro atoms. The van der Waals surface area contributed by atoms with E-state index >= 15 is 4.39 Å². The maximum atomic E-state index is 16.0. The number of aromatic nitrogens is 3. The van der Waals surface area contributed by atoms with Crippen LogP contribution >= 0.6 is 0 Å². The molecule has 0 saturated heterocycles. The lowest BCUT2D eigenvalue weighted by Gasteiger charge is -2.16. The summed E-state index contributed by atoms with van der Waals surface area (Å²) in [6.07, 6.45) is 3.29. The number of ether oxygens (including phenoxy) is 1. The summed E-state index contributed by atoms with van der Waals surface area (Å²) in [7, 11) is 3.92. The third kappa shape index (κ3) is 5.27. The van der Waals surface area contributed by atoms with Crippen molar-refractivity contribution < 1.29 is 23.4 Å². The molecule has 0 unspecified atom stereocenters. The van der Waals surface area contributed by atoms with Crippen LogP contribution in [0.2, 0.25) is 0 Å². The van der Waals surface area contributed by atoms with Gasteiger partial charge in [-0.15, -0.1) is 0 Å². The molecule has 0 bridgehead atoms. The molecule has 6 rings (SSSR count). The number of nitrogens with zero attached hydrogens (tertiary/aromatic N) is 4. The van der Waals surface area contributed by atoms with Crippen LogP contribution in [-0.2, 0) is 33.0 Å². The van der Waals surface area contributed by atoms with Crippen LogP contribution < -0.4 is 4.74 Å². The highest BCUT2D eigenvalue weighted by Crippen LogP contribution is 2.41. The van der Waals surface area contributed by atoms with Crippen molar-refractivity contribution >= 4 is 27.6 Å². The highest BCUT2D eigenvalue weighted by atomic mass is 19.1. The van der Waals surface area contributed by atoms with Gasteiger partial charge in [-0.05, 0) is 93.0 Å². The van der Waals surface area contributed by atoms with Gasteiger partial charge in [0.2, 0.25) is 0 Å². The van der Waals surface area contributed by atoms with Crippen LogP contribution in [0.4, 0.5) is 8.78 Å². The van der Waals surface area contributed by atoms with Gasteiger partial charge < -0.3 is 19.3 Å². The average molecular weight is 587 g/mol. The number of carboxylic acids is 1. The van der Waals surface area contributed by atoms with Crippen LogP contribution in [0, 0.1) is 11.6 Å². The summed E-state index contributed by atoms with van der Waals surface area (Å²) in [6.45, 7) is 4.26. The molecule has 5 aromatic rings. The van der Waals surface area contributed by atoms with Crippen molar-refractivity contribution in [3.8, 4) is 16.9 Å². The Hall–Kier alpha value is -4.24. The van der Waals surface area contributed by atoms with E-state index in [1.54, 1.807) is 12.1 Å². The Morgan fingerprint density at radius 3 is 2.60 bits per heavy atom. The zero-order valence-electron chi connectivity index (χ0n) is 24.8. The molecule has 3 heterocycles. The zero-order chi connectivity index (χ0) is 30.2. The van der Waals surface area contributed by atoms with Crippen molar-refractivity contribution in [3.63, 3.8) is 0 Å². The predicted octanol–water partition coefficient (Wildman–Crippen LogP) is 6.97. The van der Waals surface area contributed by atoms with Crippen LogP contribution in [-0.4, -0.2) is 50.5 Å². The van der Waals surface area contributed by atoms with Crippen molar-refractivity contribution in [2.24, 2.45) is 7.05 Å². The molecule has 7 nitrogen and oxygen atoms in total. The second-order valence-corrected chi connectivity index (χ2v) is 11.4. The number of halogens is 2. The van der Waals surface area contributed by atoms with Gasteiger partial charge in [0.1, 0.15) is 23.1 Å². The molecule has 0 amide bonds. The van der Waals surface area contributed by atoms with Crippen LogP contribution in [0.5, 0.6) is 5.75 Å². The molecule has 0 radical (unpaired) electrons. The van der Waals surface area contributed by atoms with E-state index in [4.69, 9.17) is 9.84 Å². The van der Waals surface area contributed by atoms with Crippen molar-refractivity contribution in [3.05, 3.63) is 82.8 Å². The number of fused-ring (bicyclic) bond motifs is 3. The van der Waals surface area contributed by atoms with E-state index in [2.05, 4.69) is 4.90 Å². The Kier molecular flexibility index (Phi) is 7.92. The summed E-state index contributed by atoms with van der Waals surface area (Å²) < 4.78 is 39.5. The van der Waals surface area contributed by atoms with E-state index in [9.17, 15) is 14.3 Å². The largest absolute Gasteiger partial charge is 0.493 e. The maximum absolute atomic E-state index is 16.0. The SMILES string of the molecule is CCc1c2c(nn1C)CN(C)CCCCn1c(C(=O)O)c(CCCOc3cccc4cc(F)ccc34)c3ccc(F)c-2c31. The van der Waals surface area contributed by atoms with E-state index in [0.29, 0.717) is 61.4 Å². The number of benzene rings is 3. The number of carboxylic acid groups (broad SMARTS) is 1. The standard InChI is InChI=1S/C34H36F2N4O3/c1-4-28-31-27(37-39(28)3)20-38(2)16-5-6-17-40-32-25(14-15-26(36)30(31)32)24(33(40)34(41)42)10-8-18-43-29-11-7-9-21-19-22(35)12-13-23(21)29/h7,9,11-15,19H,4-6,8,10,16-18,20H2,1-3H3,(H,41,42). The van der Waals surface area contributed by atoms with E-state index in [1.165, 1.54) is 18.2 Å². The van der Waals surface area contributed by atoms with Gasteiger partial charge in [-0.1, -0.05) is 19.1 Å². The fourth-order valence-corrected chi connectivity index (χ4v) is 6.64. The lowest BCUT2D eigenvalue weighted by molar-refractivity contribution is 0.0684. The highest BCUT2D eigenvalue weighted by molar-refractivity contribution is 6.04. The van der Waals surface area contributed by atoms with Crippen molar-refractivity contribution in [2.75, 3.05) is 20.2 Å². The second-order valence-electron chi connectivity index (χ2n) is 11.4. The minimum Gasteiger partial charge on any atom is -0.493 e. The fraction of sp³-hybridized carbons (Fsp3) is 0.353. The first-order valence-electron chi connectivity index (χ1n) is 14.9. The van der Waals surface area contributed by atoms with Gasteiger partial charge in [0.15, 0.2) is 0 Å². The van der Waals surface area contributed by atoms with Crippen LogP contribution in [0.3, 0.4) is 0 Å². The first-order chi connectivity index (χ1) is 20.8. The number of aromatic carboxylic acids is 1. The van der Waals surface area contributed by atoms with Gasteiger partial charge in [-0.25, -0.2) is 13.6 Å². The van der Waals surface area contributed by atoms with Crippen molar-refractivity contribution in [2.45, 2.75) is 52.1 Å². The van der Waals surface area contributed by atoms with Gasteiger partial charge in [0, 0.05) is 47.7 Å². The van der Waals surface area contributed by atoms with Crippen molar-refractivity contribution in [1.29, 1.82) is 0 Å². The van der Waals surface area contributed by atoms with E-state index in [1.807, 2.05) is 48.5 Å². The van der Waals surface area contributed by atoms with Crippen LogP contribution in [0.1, 0.15) is 53.6 Å². The lowest BCUT2D eigenvalue weighted by Crippen LogP contribution is -2.20. The minimum absolute atomic E-state index is 0.207. The van der Waals surface area contributed by atoms with Gasteiger partial charge in [0.05, 0.1) is 17.8 Å². The molecular weight excluding hydrogens is 550 g/mol. The summed E-state index contributed by atoms with van der Waals surface area (Å²) in [5.74, 6) is -1.06. The number of rotatable bonds is 7. The number of hydrogen-bond donors (Lipinski definition) is 1. The first kappa shape index (κ1) is 28.9. The second kappa shape index (κ2) is 11.8. The van der Waals surface area contributed by atoms with Gasteiger partial charge in [-0.2, -0.15) is 5.10 Å². The molecule has 0 atom stereocenters. The molecule has 0 aliphatic carbocycles. The quantitative estimate of drug-likeness (QED) is 0.209. The molecule has 1 aliphatic rings. The fourth-order valence-electron chi connectivity index (χ4n) is 6.64. The summed E-state index contributed by atoms with van der Waals surface area (Å²) in [4.78, 5) is 15.1. The Morgan fingerprint density at radius 1 is 1.02 bits per heavy atom. The Morgan fingerprint density at radius 2 is 1.81 bits per heavy atom. The first-order valence-corrected chi connectivity index (χ1v) is 14.9. The Balaban J connectivity index is 1.43. The Labute approximate surface area is 249 Å².